The summed E-state index contributed by atoms with van der Waals surface area (Å²) in [4.78, 5) is -0.635. The van der Waals surface area contributed by atoms with Crippen LogP contribution in [0.1, 0.15) is 5.56 Å². The van der Waals surface area contributed by atoms with Crippen molar-refractivity contribution in [1.82, 2.24) is 0 Å². The van der Waals surface area contributed by atoms with Gasteiger partial charge in [0.05, 0.1) is 19.1 Å². The van der Waals surface area contributed by atoms with Gasteiger partial charge in [0, 0.05) is 18.1 Å². The lowest BCUT2D eigenvalue weighted by Crippen LogP contribution is -2.41. The van der Waals surface area contributed by atoms with Crippen LogP contribution in [0.2, 0.25) is 0 Å². The molecule has 120 valence electrons. The molecule has 1 rings (SSSR count). The fourth-order valence-electron chi connectivity index (χ4n) is 1.62. The fourth-order valence-corrected chi connectivity index (χ4v) is 2.41. The number of hydrogen-bond acceptors (Lipinski definition) is 6. The Kier molecular flexibility index (Phi) is 5.20. The van der Waals surface area contributed by atoms with Gasteiger partial charge in [-0.1, -0.05) is 0 Å². The van der Waals surface area contributed by atoms with Gasteiger partial charge >= 0.3 is 5.51 Å². The average Bonchev–Trinajstić information content (AvgIpc) is 2.34. The summed E-state index contributed by atoms with van der Waals surface area (Å²) < 4.78 is 58.7. The van der Waals surface area contributed by atoms with Crippen LogP contribution in [0, 0.1) is 0 Å². The molecule has 0 aliphatic rings. The number of halogens is 3. The summed E-state index contributed by atoms with van der Waals surface area (Å²) in [5, 5.41) is 18.3. The van der Waals surface area contributed by atoms with Crippen LogP contribution < -0.4 is 15.2 Å². The van der Waals surface area contributed by atoms with E-state index in [0.29, 0.717) is 0 Å². The maximum Gasteiger partial charge on any atom is 0.475 e. The SMILES string of the molecule is COc1cc(S(=O)C(F)(F)F)c(OC)cc1CC(N)(O)O. The molecule has 0 saturated heterocycles. The molecule has 0 radical (unpaired) electrons. The number of aliphatic hydroxyl groups is 2. The van der Waals surface area contributed by atoms with E-state index in [-0.39, 0.29) is 17.1 Å². The highest BCUT2D eigenvalue weighted by molar-refractivity contribution is 7.86. The van der Waals surface area contributed by atoms with E-state index in [4.69, 9.17) is 25.4 Å². The van der Waals surface area contributed by atoms with Gasteiger partial charge in [-0.05, 0) is 6.07 Å². The summed E-state index contributed by atoms with van der Waals surface area (Å²) in [5.74, 6) is -3.03. The average molecular weight is 329 g/mol. The lowest BCUT2D eigenvalue weighted by Gasteiger charge is -2.19. The van der Waals surface area contributed by atoms with Crippen LogP contribution in [-0.2, 0) is 17.2 Å². The van der Waals surface area contributed by atoms with Crippen molar-refractivity contribution in [1.29, 1.82) is 0 Å². The minimum absolute atomic E-state index is 0.0878. The molecule has 6 nitrogen and oxygen atoms in total. The van der Waals surface area contributed by atoms with Crippen LogP contribution in [0.15, 0.2) is 17.0 Å². The van der Waals surface area contributed by atoms with Crippen LogP contribution >= 0.6 is 0 Å². The van der Waals surface area contributed by atoms with Crippen LogP contribution in [0.3, 0.4) is 0 Å². The summed E-state index contributed by atoms with van der Waals surface area (Å²) in [5.41, 5.74) is 0.145. The Hall–Kier alpha value is -1.36. The number of methoxy groups -OCH3 is 2. The molecule has 0 aliphatic carbocycles. The monoisotopic (exact) mass is 329 g/mol. The first-order chi connectivity index (χ1) is 9.49. The van der Waals surface area contributed by atoms with E-state index in [2.05, 4.69) is 0 Å². The molecule has 21 heavy (non-hydrogen) atoms. The quantitative estimate of drug-likeness (QED) is 0.679. The molecule has 0 saturated carbocycles. The Labute approximate surface area is 120 Å². The van der Waals surface area contributed by atoms with Crippen molar-refractivity contribution in [3.8, 4) is 11.5 Å². The van der Waals surface area contributed by atoms with E-state index < -0.39 is 33.5 Å². The van der Waals surface area contributed by atoms with Gasteiger partial charge in [0.15, 0.2) is 10.8 Å². The molecule has 1 atom stereocenters. The van der Waals surface area contributed by atoms with Gasteiger partial charge in [-0.3, -0.25) is 5.73 Å². The number of alkyl halides is 3. The highest BCUT2D eigenvalue weighted by Gasteiger charge is 2.40. The summed E-state index contributed by atoms with van der Waals surface area (Å²) in [7, 11) is -1.06. The molecule has 0 bridgehead atoms. The van der Waals surface area contributed by atoms with Crippen LogP contribution in [-0.4, -0.2) is 40.1 Å². The van der Waals surface area contributed by atoms with E-state index >= 15 is 0 Å². The normalized spacial score (nSPS) is 13.9. The largest absolute Gasteiger partial charge is 0.496 e. The minimum atomic E-state index is -4.97. The second-order valence-electron chi connectivity index (χ2n) is 4.08. The van der Waals surface area contributed by atoms with Crippen molar-refractivity contribution >= 4 is 10.8 Å². The molecule has 10 heteroatoms. The number of benzene rings is 1. The van der Waals surface area contributed by atoms with Gasteiger partial charge < -0.3 is 19.7 Å². The van der Waals surface area contributed by atoms with Crippen molar-refractivity contribution in [2.75, 3.05) is 14.2 Å². The molecule has 0 heterocycles. The predicted octanol–water partition coefficient (Wildman–Crippen LogP) is 0.471. The van der Waals surface area contributed by atoms with Gasteiger partial charge in [-0.25, -0.2) is 4.21 Å². The Morgan fingerprint density at radius 3 is 2.10 bits per heavy atom. The van der Waals surface area contributed by atoms with Crippen LogP contribution in [0.4, 0.5) is 13.2 Å². The number of rotatable bonds is 5. The van der Waals surface area contributed by atoms with Gasteiger partial charge in [0.2, 0.25) is 5.91 Å². The number of ether oxygens (including phenoxy) is 2. The first-order valence-electron chi connectivity index (χ1n) is 5.46. The molecule has 0 aromatic heterocycles. The molecular formula is C11H14F3NO5S. The maximum absolute atomic E-state index is 12.6. The van der Waals surface area contributed by atoms with Crippen LogP contribution in [0.25, 0.3) is 0 Å². The van der Waals surface area contributed by atoms with E-state index in [9.17, 15) is 17.4 Å². The van der Waals surface area contributed by atoms with Crippen molar-refractivity contribution in [2.45, 2.75) is 22.7 Å². The first kappa shape index (κ1) is 17.7. The third kappa shape index (κ3) is 4.56. The summed E-state index contributed by atoms with van der Waals surface area (Å²) in [6.07, 6.45) is -0.522. The van der Waals surface area contributed by atoms with Gasteiger partial charge in [-0.2, -0.15) is 13.2 Å². The van der Waals surface area contributed by atoms with Gasteiger partial charge in [0.1, 0.15) is 11.5 Å². The second kappa shape index (κ2) is 6.18. The Balaban J connectivity index is 3.40. The van der Waals surface area contributed by atoms with Crippen molar-refractivity contribution in [3.05, 3.63) is 17.7 Å². The van der Waals surface area contributed by atoms with Crippen molar-refractivity contribution < 1.29 is 37.1 Å². The number of hydrogen-bond donors (Lipinski definition) is 3. The van der Waals surface area contributed by atoms with E-state index in [1.165, 1.54) is 7.11 Å². The molecule has 1 aromatic carbocycles. The predicted molar refractivity (Wildman–Crippen MR) is 67.1 cm³/mol. The standard InChI is InChI=1S/C11H14F3NO5S/c1-19-7-4-9(21(18)11(12,13)14)8(20-2)3-6(7)5-10(15,16)17/h3-4,16-17H,5,15H2,1-2H3. The van der Waals surface area contributed by atoms with Gasteiger partial charge in [-0.15, -0.1) is 0 Å². The highest BCUT2D eigenvalue weighted by atomic mass is 32.2. The van der Waals surface area contributed by atoms with Crippen LogP contribution in [0.5, 0.6) is 11.5 Å². The van der Waals surface area contributed by atoms with E-state index in [1.54, 1.807) is 0 Å². The summed E-state index contributed by atoms with van der Waals surface area (Å²) in [6.45, 7) is 0. The van der Waals surface area contributed by atoms with E-state index in [0.717, 1.165) is 19.2 Å². The van der Waals surface area contributed by atoms with Gasteiger partial charge in [0.25, 0.3) is 0 Å². The zero-order chi connectivity index (χ0) is 16.4. The molecule has 0 fully saturated rings. The molecule has 1 unspecified atom stereocenters. The molecule has 4 N–H and O–H groups in total. The summed E-state index contributed by atoms with van der Waals surface area (Å²) >= 11 is 0. The zero-order valence-electron chi connectivity index (χ0n) is 11.1. The Bertz CT molecular complexity index is 542. The molecule has 1 aromatic rings. The topological polar surface area (TPSA) is 102 Å². The summed E-state index contributed by atoms with van der Waals surface area (Å²) in [6, 6.07) is 1.93. The third-order valence-corrected chi connectivity index (χ3v) is 3.57. The highest BCUT2D eigenvalue weighted by Crippen LogP contribution is 2.37. The third-order valence-electron chi connectivity index (χ3n) is 2.43. The smallest absolute Gasteiger partial charge is 0.475 e. The maximum atomic E-state index is 12.6. The van der Waals surface area contributed by atoms with E-state index in [1.807, 2.05) is 0 Å². The lowest BCUT2D eigenvalue weighted by atomic mass is 10.1. The Morgan fingerprint density at radius 2 is 1.71 bits per heavy atom. The molecule has 0 spiro atoms. The fraction of sp³-hybridized carbons (Fsp3) is 0.455. The molecule has 0 amide bonds. The van der Waals surface area contributed by atoms with Crippen molar-refractivity contribution in [2.24, 2.45) is 5.73 Å². The lowest BCUT2D eigenvalue weighted by molar-refractivity contribution is -0.153. The Morgan fingerprint density at radius 1 is 1.19 bits per heavy atom. The molecular weight excluding hydrogens is 315 g/mol. The molecule has 0 aliphatic heterocycles. The number of nitrogens with two attached hydrogens (primary N) is 1. The first-order valence-corrected chi connectivity index (χ1v) is 6.61. The van der Waals surface area contributed by atoms with Crippen molar-refractivity contribution in [3.63, 3.8) is 0 Å². The minimum Gasteiger partial charge on any atom is -0.496 e. The zero-order valence-corrected chi connectivity index (χ0v) is 11.9. The second-order valence-corrected chi connectivity index (χ2v) is 5.52.